The highest BCUT2D eigenvalue weighted by molar-refractivity contribution is 7.13. The summed E-state index contributed by atoms with van der Waals surface area (Å²) in [5.41, 5.74) is 2.67. The molecule has 26 heavy (non-hydrogen) atoms. The second kappa shape index (κ2) is 8.31. The largest absolute Gasteiger partial charge is 0.346 e. The van der Waals surface area contributed by atoms with Crippen molar-refractivity contribution in [1.82, 2.24) is 15.2 Å². The van der Waals surface area contributed by atoms with Gasteiger partial charge in [0.15, 0.2) is 5.13 Å². The zero-order chi connectivity index (χ0) is 18.5. The molecule has 138 valence electrons. The van der Waals surface area contributed by atoms with E-state index < -0.39 is 0 Å². The average molecular weight is 372 g/mol. The van der Waals surface area contributed by atoms with Crippen LogP contribution in [0.25, 0.3) is 0 Å². The van der Waals surface area contributed by atoms with Gasteiger partial charge in [0.05, 0.1) is 6.54 Å². The summed E-state index contributed by atoms with van der Waals surface area (Å²) in [6, 6.07) is 5.70. The predicted octanol–water partition coefficient (Wildman–Crippen LogP) is 2.23. The normalized spacial score (nSPS) is 14.8. The molecule has 0 atom stereocenters. The second-order valence-corrected chi connectivity index (χ2v) is 7.47. The van der Waals surface area contributed by atoms with Crippen LogP contribution in [-0.2, 0) is 4.79 Å². The first-order valence-electron chi connectivity index (χ1n) is 8.81. The fourth-order valence-electron chi connectivity index (χ4n) is 3.21. The molecule has 1 aromatic heterocycles. The van der Waals surface area contributed by atoms with Crippen LogP contribution in [0.2, 0.25) is 0 Å². The molecule has 1 N–H and O–H groups in total. The molecule has 0 unspecified atom stereocenters. The molecule has 0 spiro atoms. The molecule has 1 saturated heterocycles. The summed E-state index contributed by atoms with van der Waals surface area (Å²) in [7, 11) is 0. The quantitative estimate of drug-likeness (QED) is 0.894. The van der Waals surface area contributed by atoms with Crippen molar-refractivity contribution in [3.05, 3.63) is 46.5 Å². The lowest BCUT2D eigenvalue weighted by Crippen LogP contribution is -2.42. The number of aromatic nitrogens is 1. The van der Waals surface area contributed by atoms with Crippen molar-refractivity contribution in [2.75, 3.05) is 37.6 Å². The number of thiazole rings is 1. The first-order chi connectivity index (χ1) is 12.5. The van der Waals surface area contributed by atoms with Crippen molar-refractivity contribution >= 4 is 28.3 Å². The number of rotatable bonds is 4. The monoisotopic (exact) mass is 372 g/mol. The summed E-state index contributed by atoms with van der Waals surface area (Å²) in [5.74, 6) is -0.243. The molecule has 2 aromatic rings. The van der Waals surface area contributed by atoms with Gasteiger partial charge in [0, 0.05) is 43.3 Å². The Labute approximate surface area is 157 Å². The van der Waals surface area contributed by atoms with Gasteiger partial charge in [-0.1, -0.05) is 17.2 Å². The number of nitrogens with one attached hydrogen (secondary N) is 1. The van der Waals surface area contributed by atoms with Crippen molar-refractivity contribution < 1.29 is 9.59 Å². The number of benzene rings is 1. The summed E-state index contributed by atoms with van der Waals surface area (Å²) >= 11 is 1.62. The van der Waals surface area contributed by atoms with Gasteiger partial charge in [-0.05, 0) is 32.4 Å². The Bertz CT molecular complexity index is 756. The third kappa shape index (κ3) is 4.60. The van der Waals surface area contributed by atoms with Gasteiger partial charge >= 0.3 is 0 Å². The van der Waals surface area contributed by atoms with Crippen LogP contribution < -0.4 is 10.2 Å². The van der Waals surface area contributed by atoms with Gasteiger partial charge in [-0.25, -0.2) is 4.98 Å². The number of hydrogen-bond acceptors (Lipinski definition) is 5. The van der Waals surface area contributed by atoms with E-state index in [9.17, 15) is 9.59 Å². The van der Waals surface area contributed by atoms with E-state index in [1.165, 1.54) is 0 Å². The number of carbonyl (C=O) groups is 2. The SMILES string of the molecule is Cc1cc(C)cc(C(=O)NCC(=O)N2CCCN(c3nccs3)CC2)c1. The van der Waals surface area contributed by atoms with Crippen molar-refractivity contribution in [2.24, 2.45) is 0 Å². The summed E-state index contributed by atoms with van der Waals surface area (Å²) in [4.78, 5) is 33.2. The van der Waals surface area contributed by atoms with E-state index in [0.29, 0.717) is 18.7 Å². The third-order valence-corrected chi connectivity index (χ3v) is 5.25. The minimum Gasteiger partial charge on any atom is -0.346 e. The molecule has 1 fully saturated rings. The topological polar surface area (TPSA) is 65.5 Å². The Morgan fingerprint density at radius 2 is 1.88 bits per heavy atom. The number of hydrogen-bond donors (Lipinski definition) is 1. The van der Waals surface area contributed by atoms with E-state index in [1.807, 2.05) is 42.3 Å². The molecular weight excluding hydrogens is 348 g/mol. The van der Waals surface area contributed by atoms with Crippen molar-refractivity contribution in [3.63, 3.8) is 0 Å². The lowest BCUT2D eigenvalue weighted by Gasteiger charge is -2.22. The molecule has 0 aliphatic carbocycles. The lowest BCUT2D eigenvalue weighted by atomic mass is 10.1. The molecular formula is C19H24N4O2S. The smallest absolute Gasteiger partial charge is 0.251 e. The molecule has 3 rings (SSSR count). The van der Waals surface area contributed by atoms with Gasteiger partial charge in [-0.2, -0.15) is 0 Å². The Morgan fingerprint density at radius 3 is 2.58 bits per heavy atom. The number of anilines is 1. The fourth-order valence-corrected chi connectivity index (χ4v) is 3.90. The van der Waals surface area contributed by atoms with E-state index in [1.54, 1.807) is 17.5 Å². The van der Waals surface area contributed by atoms with Crippen LogP contribution in [0.5, 0.6) is 0 Å². The highest BCUT2D eigenvalue weighted by Crippen LogP contribution is 2.19. The van der Waals surface area contributed by atoms with E-state index in [4.69, 9.17) is 0 Å². The Balaban J connectivity index is 1.52. The van der Waals surface area contributed by atoms with Gasteiger partial charge in [0.2, 0.25) is 5.91 Å². The molecule has 6 nitrogen and oxygen atoms in total. The molecule has 1 aliphatic heterocycles. The molecule has 2 heterocycles. The highest BCUT2D eigenvalue weighted by atomic mass is 32.1. The molecule has 0 radical (unpaired) electrons. The fraction of sp³-hybridized carbons (Fsp3) is 0.421. The highest BCUT2D eigenvalue weighted by Gasteiger charge is 2.20. The van der Waals surface area contributed by atoms with Crippen LogP contribution in [-0.4, -0.2) is 54.4 Å². The van der Waals surface area contributed by atoms with Crippen molar-refractivity contribution in [1.29, 1.82) is 0 Å². The van der Waals surface area contributed by atoms with E-state index in [-0.39, 0.29) is 18.4 Å². The van der Waals surface area contributed by atoms with Crippen LogP contribution in [0, 0.1) is 13.8 Å². The second-order valence-electron chi connectivity index (χ2n) is 6.60. The lowest BCUT2D eigenvalue weighted by molar-refractivity contribution is -0.129. The maximum atomic E-state index is 12.5. The van der Waals surface area contributed by atoms with Gasteiger partial charge in [-0.15, -0.1) is 11.3 Å². The van der Waals surface area contributed by atoms with Crippen molar-refractivity contribution in [2.45, 2.75) is 20.3 Å². The Kier molecular flexibility index (Phi) is 5.88. The van der Waals surface area contributed by atoms with Crippen LogP contribution in [0.1, 0.15) is 27.9 Å². The van der Waals surface area contributed by atoms with E-state index in [0.717, 1.165) is 35.8 Å². The molecule has 7 heteroatoms. The summed E-state index contributed by atoms with van der Waals surface area (Å²) in [6.45, 7) is 6.97. The van der Waals surface area contributed by atoms with Crippen LogP contribution >= 0.6 is 11.3 Å². The molecule has 0 saturated carbocycles. The standard InChI is InChI=1S/C19H24N4O2S/c1-14-10-15(2)12-16(11-14)18(25)21-13-17(24)22-5-3-6-23(8-7-22)19-20-4-9-26-19/h4,9-12H,3,5-8,13H2,1-2H3,(H,21,25). The first-order valence-corrected chi connectivity index (χ1v) is 9.69. The number of aryl methyl sites for hydroxylation is 2. The van der Waals surface area contributed by atoms with Gasteiger partial charge in [0.25, 0.3) is 5.91 Å². The van der Waals surface area contributed by atoms with Gasteiger partial charge in [-0.3, -0.25) is 9.59 Å². The van der Waals surface area contributed by atoms with E-state index in [2.05, 4.69) is 15.2 Å². The van der Waals surface area contributed by atoms with Crippen LogP contribution in [0.3, 0.4) is 0 Å². The van der Waals surface area contributed by atoms with Crippen LogP contribution in [0.15, 0.2) is 29.8 Å². The Hall–Kier alpha value is -2.41. The molecule has 2 amide bonds. The minimum atomic E-state index is -0.204. The first kappa shape index (κ1) is 18.4. The zero-order valence-electron chi connectivity index (χ0n) is 15.2. The van der Waals surface area contributed by atoms with Gasteiger partial charge < -0.3 is 15.1 Å². The number of nitrogens with zero attached hydrogens (tertiary/aromatic N) is 3. The third-order valence-electron chi connectivity index (χ3n) is 4.42. The zero-order valence-corrected chi connectivity index (χ0v) is 16.0. The number of carbonyl (C=O) groups excluding carboxylic acids is 2. The minimum absolute atomic E-state index is 0.0308. The van der Waals surface area contributed by atoms with Gasteiger partial charge in [0.1, 0.15) is 0 Å². The summed E-state index contributed by atoms with van der Waals surface area (Å²) in [5, 5.41) is 5.72. The number of amides is 2. The molecule has 1 aromatic carbocycles. The summed E-state index contributed by atoms with van der Waals surface area (Å²) in [6.07, 6.45) is 2.70. The average Bonchev–Trinajstić information content (AvgIpc) is 3.03. The predicted molar refractivity (Wildman–Crippen MR) is 104 cm³/mol. The Morgan fingerprint density at radius 1 is 1.12 bits per heavy atom. The van der Waals surface area contributed by atoms with Crippen LogP contribution in [0.4, 0.5) is 5.13 Å². The summed E-state index contributed by atoms with van der Waals surface area (Å²) < 4.78 is 0. The molecule has 1 aliphatic rings. The maximum Gasteiger partial charge on any atom is 0.251 e. The van der Waals surface area contributed by atoms with Crippen molar-refractivity contribution in [3.8, 4) is 0 Å². The van der Waals surface area contributed by atoms with E-state index >= 15 is 0 Å². The molecule has 0 bridgehead atoms. The maximum absolute atomic E-state index is 12.5.